The van der Waals surface area contributed by atoms with Crippen molar-refractivity contribution in [3.63, 3.8) is 0 Å². The molecule has 0 aromatic rings. The monoisotopic (exact) mass is 200 g/mol. The second-order valence-electron chi connectivity index (χ2n) is 0.408. The molecule has 0 radical (unpaired) electrons. The van der Waals surface area contributed by atoms with E-state index in [4.69, 9.17) is 17.5 Å². The van der Waals surface area contributed by atoms with Gasteiger partial charge in [0.05, 0.1) is 0 Å². The predicted molar refractivity (Wildman–Crippen MR) is 12.4 cm³/mol. The first-order valence-corrected chi connectivity index (χ1v) is 2.00. The van der Waals surface area contributed by atoms with Crippen LogP contribution < -0.4 is 29.6 Å². The zero-order valence-corrected chi connectivity index (χ0v) is 9.98. The van der Waals surface area contributed by atoms with E-state index < -0.39 is 10.4 Å². The van der Waals surface area contributed by atoms with Crippen molar-refractivity contribution in [1.29, 1.82) is 0 Å². The summed E-state index contributed by atoms with van der Waals surface area (Å²) >= 11 is 0. The smallest absolute Gasteiger partial charge is 0.870 e. The van der Waals surface area contributed by atoms with Crippen molar-refractivity contribution in [1.82, 2.24) is 0 Å². The summed E-state index contributed by atoms with van der Waals surface area (Å²) in [6.45, 7) is 0. The second-order valence-corrected chi connectivity index (χ2v) is 1.22. The number of rotatable bonds is 0. The van der Waals surface area contributed by atoms with Gasteiger partial charge in [-0.25, -0.2) is 0 Å². The van der Waals surface area contributed by atoms with Crippen LogP contribution in [0.25, 0.3) is 0 Å². The Balaban J connectivity index is -0.0000000267. The molecule has 5 nitrogen and oxygen atoms in total. The van der Waals surface area contributed by atoms with Crippen LogP contribution in [0.1, 0.15) is 0 Å². The molecule has 0 heterocycles. The topological polar surface area (TPSA) is 110 Å². The third-order valence-electron chi connectivity index (χ3n) is 0. The molecule has 0 rings (SSSR count). The van der Waals surface area contributed by atoms with Gasteiger partial charge in [-0.05, 0) is 0 Å². The van der Waals surface area contributed by atoms with E-state index in [1.54, 1.807) is 0 Å². The summed E-state index contributed by atoms with van der Waals surface area (Å²) in [5.74, 6) is 0. The van der Waals surface area contributed by atoms with Crippen LogP contribution in [0.15, 0.2) is 0 Å². The van der Waals surface area contributed by atoms with Gasteiger partial charge in [-0.1, -0.05) is 0 Å². The van der Waals surface area contributed by atoms with Crippen molar-refractivity contribution in [2.45, 2.75) is 0 Å². The first kappa shape index (κ1) is 22.7. The van der Waals surface area contributed by atoms with Crippen molar-refractivity contribution in [2.75, 3.05) is 0 Å². The fourth-order valence-electron chi connectivity index (χ4n) is 0. The largest absolute Gasteiger partial charge is 2.00 e. The van der Waals surface area contributed by atoms with Crippen LogP contribution in [0.2, 0.25) is 0 Å². The Morgan fingerprint density at radius 1 is 1.12 bits per heavy atom. The van der Waals surface area contributed by atoms with Gasteiger partial charge in [-0.2, -0.15) is 0 Å². The molecule has 0 aromatic carbocycles. The van der Waals surface area contributed by atoms with E-state index in [0.717, 1.165) is 0 Å². The summed E-state index contributed by atoms with van der Waals surface area (Å²) in [5.41, 5.74) is 0. The quantitative estimate of drug-likeness (QED) is 0.223. The van der Waals surface area contributed by atoms with Gasteiger partial charge >= 0.3 is 49.0 Å². The second kappa shape index (κ2) is 8.45. The molecule has 0 aliphatic heterocycles. The van der Waals surface area contributed by atoms with Gasteiger partial charge in [-0.15, -0.1) is 0 Å². The fraction of sp³-hybridized carbons (Fsp3) is 0. The molecule has 0 fully saturated rings. The molecule has 0 saturated heterocycles. The van der Waals surface area contributed by atoms with E-state index in [9.17, 15) is 0 Å². The van der Waals surface area contributed by atoms with Crippen molar-refractivity contribution in [3.8, 4) is 0 Å². The molecular weight excluding hydrogens is 200 g/mol. The van der Waals surface area contributed by atoms with Crippen LogP contribution in [-0.2, 0) is 29.9 Å². The van der Waals surface area contributed by atoms with Gasteiger partial charge < -0.3 is 14.6 Å². The van der Waals surface area contributed by atoms with Crippen LogP contribution in [-0.4, -0.2) is 23.0 Å². The zero-order chi connectivity index (χ0) is 4.50. The van der Waals surface area contributed by atoms with Gasteiger partial charge in [0.2, 0.25) is 0 Å². The molecular formula is HNaO5SZn. The summed E-state index contributed by atoms with van der Waals surface area (Å²) in [5, 5.41) is 0. The summed E-state index contributed by atoms with van der Waals surface area (Å²) in [6.07, 6.45) is 0. The minimum atomic E-state index is -5.17. The van der Waals surface area contributed by atoms with Crippen LogP contribution in [0.5, 0.6) is 0 Å². The molecule has 0 bridgehead atoms. The van der Waals surface area contributed by atoms with Crippen LogP contribution in [0, 0.1) is 0 Å². The molecule has 0 saturated carbocycles. The summed E-state index contributed by atoms with van der Waals surface area (Å²) in [4.78, 5) is 0. The molecule has 0 aromatic heterocycles. The van der Waals surface area contributed by atoms with Crippen molar-refractivity contribution < 1.29 is 72.0 Å². The molecule has 0 aliphatic rings. The third-order valence-corrected chi connectivity index (χ3v) is 0. The van der Waals surface area contributed by atoms with Crippen LogP contribution >= 0.6 is 0 Å². The maximum atomic E-state index is 8.52. The van der Waals surface area contributed by atoms with E-state index in [2.05, 4.69) is 0 Å². The Hall–Kier alpha value is 1.45. The molecule has 0 unspecified atom stereocenters. The number of hydrogen-bond acceptors (Lipinski definition) is 5. The molecule has 0 spiro atoms. The normalized spacial score (nSPS) is 7.25. The predicted octanol–water partition coefficient (Wildman–Crippen LogP) is -4.51. The van der Waals surface area contributed by atoms with Crippen LogP contribution in [0.3, 0.4) is 0 Å². The van der Waals surface area contributed by atoms with Crippen molar-refractivity contribution >= 4 is 10.4 Å². The Morgan fingerprint density at radius 2 is 1.12 bits per heavy atom. The van der Waals surface area contributed by atoms with E-state index >= 15 is 0 Å². The Labute approximate surface area is 81.8 Å². The van der Waals surface area contributed by atoms with Gasteiger partial charge in [0.15, 0.2) is 0 Å². The minimum Gasteiger partial charge on any atom is -0.870 e. The van der Waals surface area contributed by atoms with Crippen molar-refractivity contribution in [2.24, 2.45) is 0 Å². The van der Waals surface area contributed by atoms with Crippen LogP contribution in [0.4, 0.5) is 0 Å². The third kappa shape index (κ3) is 147. The zero-order valence-electron chi connectivity index (χ0n) is 4.20. The Morgan fingerprint density at radius 3 is 1.12 bits per heavy atom. The van der Waals surface area contributed by atoms with E-state index in [1.165, 1.54) is 0 Å². The van der Waals surface area contributed by atoms with E-state index in [-0.39, 0.29) is 54.5 Å². The molecule has 8 heavy (non-hydrogen) atoms. The van der Waals surface area contributed by atoms with Gasteiger partial charge in [-0.3, -0.25) is 8.42 Å². The standard InChI is InChI=1S/Na.H2O4S.H2O.Zn/c;1-5(2,3)4;;/h;(H2,1,2,3,4);1H2;/q+1;;;+2/p-3. The van der Waals surface area contributed by atoms with Gasteiger partial charge in [0, 0.05) is 10.4 Å². The molecule has 0 aliphatic carbocycles. The first-order chi connectivity index (χ1) is 2.00. The SMILES string of the molecule is O=S(=O)([O-])[O-].[Na+].[OH-].[Zn+2]. The average molecular weight is 201 g/mol. The average Bonchev–Trinajstić information content (AvgIpc) is 0.722. The van der Waals surface area contributed by atoms with Crippen molar-refractivity contribution in [3.05, 3.63) is 0 Å². The number of hydrogen-bond donors (Lipinski definition) is 0. The van der Waals surface area contributed by atoms with E-state index in [1.807, 2.05) is 0 Å². The maximum absolute atomic E-state index is 8.52. The Kier molecular flexibility index (Phi) is 24.0. The molecule has 8 heteroatoms. The maximum Gasteiger partial charge on any atom is 2.00 e. The Bertz CT molecular complexity index is 95.6. The van der Waals surface area contributed by atoms with Gasteiger partial charge in [0.25, 0.3) is 0 Å². The summed E-state index contributed by atoms with van der Waals surface area (Å²) in [7, 11) is -5.17. The summed E-state index contributed by atoms with van der Waals surface area (Å²) < 4.78 is 34.1. The first-order valence-electron chi connectivity index (χ1n) is 0.667. The fourth-order valence-corrected chi connectivity index (χ4v) is 0. The minimum absolute atomic E-state index is 0. The molecule has 0 amide bonds. The van der Waals surface area contributed by atoms with E-state index in [0.29, 0.717) is 0 Å². The molecule has 0 atom stereocenters. The molecule has 40 valence electrons. The van der Waals surface area contributed by atoms with Gasteiger partial charge in [0.1, 0.15) is 0 Å². The molecule has 1 N–H and O–H groups in total. The summed E-state index contributed by atoms with van der Waals surface area (Å²) in [6, 6.07) is 0.